The summed E-state index contributed by atoms with van der Waals surface area (Å²) in [6.45, 7) is 0. The first-order chi connectivity index (χ1) is 15.9. The Kier molecular flexibility index (Phi) is 11.5. The van der Waals surface area contributed by atoms with Gasteiger partial charge in [-0.05, 0) is 6.42 Å². The topological polar surface area (TPSA) is 260 Å². The van der Waals surface area contributed by atoms with Gasteiger partial charge in [0, 0.05) is 30.5 Å². The largest absolute Gasteiger partial charge is 0.481 e. The van der Waals surface area contributed by atoms with Crippen LogP contribution in [0, 0.1) is 0 Å². The molecule has 188 valence electrons. The molecule has 1 aromatic heterocycles. The van der Waals surface area contributed by atoms with Crippen LogP contribution in [0.2, 0.25) is 0 Å². The maximum absolute atomic E-state index is 12.6. The van der Waals surface area contributed by atoms with Gasteiger partial charge in [-0.25, -0.2) is 9.78 Å². The summed E-state index contributed by atoms with van der Waals surface area (Å²) < 4.78 is 0. The number of aromatic amines is 1. The highest BCUT2D eigenvalue weighted by molar-refractivity contribution is 7.80. The van der Waals surface area contributed by atoms with Crippen LogP contribution < -0.4 is 27.4 Å². The quantitative estimate of drug-likeness (QED) is 0.107. The fourth-order valence-electron chi connectivity index (χ4n) is 2.67. The summed E-state index contributed by atoms with van der Waals surface area (Å²) in [7, 11) is 0. The maximum atomic E-state index is 12.6. The van der Waals surface area contributed by atoms with Gasteiger partial charge in [0.15, 0.2) is 0 Å². The van der Waals surface area contributed by atoms with Crippen LogP contribution in [0.25, 0.3) is 0 Å². The molecule has 0 aliphatic heterocycles. The van der Waals surface area contributed by atoms with Crippen LogP contribution >= 0.6 is 12.6 Å². The Morgan fingerprint density at radius 1 is 1.00 bits per heavy atom. The predicted octanol–water partition coefficient (Wildman–Crippen LogP) is -3.51. The second-order valence-corrected chi connectivity index (χ2v) is 7.56. The van der Waals surface area contributed by atoms with Gasteiger partial charge < -0.3 is 42.6 Å². The van der Waals surface area contributed by atoms with Crippen LogP contribution in [0.5, 0.6) is 0 Å². The molecule has 0 bridgehead atoms. The molecule has 0 aliphatic rings. The second-order valence-electron chi connectivity index (χ2n) is 7.19. The van der Waals surface area contributed by atoms with Crippen molar-refractivity contribution in [1.82, 2.24) is 25.9 Å². The summed E-state index contributed by atoms with van der Waals surface area (Å²) in [5.74, 6) is -6.68. The number of carbonyl (C=O) groups is 6. The first-order valence-electron chi connectivity index (χ1n) is 9.92. The van der Waals surface area contributed by atoms with E-state index in [1.165, 1.54) is 12.5 Å². The Hall–Kier alpha value is -3.66. The fraction of sp³-hybridized carbons (Fsp3) is 0.500. The standard InChI is InChI=1S/C18H27N7O8S/c19-9(3-8-5-21-7-22-8)15(29)24-11(4-14(27)28)16(30)25-12(6-34)17(31)23-10(18(32)33)1-2-13(20)26/h5,7,9-12,34H,1-4,6,19H2,(H2,20,26)(H,21,22)(H,23,31)(H,24,29)(H,25,30)(H,27,28)(H,32,33). The molecule has 15 nitrogen and oxygen atoms in total. The molecular formula is C18H27N7O8S. The van der Waals surface area contributed by atoms with Gasteiger partial charge in [-0.15, -0.1) is 0 Å². The number of nitrogens with zero attached hydrogens (tertiary/aromatic N) is 1. The van der Waals surface area contributed by atoms with E-state index in [9.17, 15) is 33.9 Å². The number of carboxylic acids is 2. The molecule has 4 unspecified atom stereocenters. The molecule has 1 rings (SSSR count). The van der Waals surface area contributed by atoms with Gasteiger partial charge in [0.2, 0.25) is 23.6 Å². The maximum Gasteiger partial charge on any atom is 0.326 e. The highest BCUT2D eigenvalue weighted by Gasteiger charge is 2.31. The minimum atomic E-state index is -1.59. The van der Waals surface area contributed by atoms with Gasteiger partial charge in [-0.1, -0.05) is 0 Å². The van der Waals surface area contributed by atoms with Crippen LogP contribution in [-0.2, 0) is 35.2 Å². The minimum absolute atomic E-state index is 0.0385. The van der Waals surface area contributed by atoms with E-state index in [0.717, 1.165) is 0 Å². The number of rotatable bonds is 15. The minimum Gasteiger partial charge on any atom is -0.481 e. The Balaban J connectivity index is 2.82. The molecule has 0 aromatic carbocycles. The number of imidazole rings is 1. The zero-order valence-corrected chi connectivity index (χ0v) is 18.8. The number of hydrogen-bond acceptors (Lipinski definition) is 9. The highest BCUT2D eigenvalue weighted by atomic mass is 32.1. The SMILES string of the molecule is NC(=O)CCC(NC(=O)C(CS)NC(=O)C(CC(=O)O)NC(=O)C(N)Cc1cnc[nH]1)C(=O)O. The Morgan fingerprint density at radius 3 is 2.09 bits per heavy atom. The number of H-pyrrole nitrogens is 1. The Morgan fingerprint density at radius 2 is 1.59 bits per heavy atom. The van der Waals surface area contributed by atoms with Crippen molar-refractivity contribution >= 4 is 48.2 Å². The molecule has 1 aromatic rings. The van der Waals surface area contributed by atoms with Gasteiger partial charge in [-0.2, -0.15) is 12.6 Å². The van der Waals surface area contributed by atoms with Crippen LogP contribution in [0.15, 0.2) is 12.5 Å². The Bertz CT molecular complexity index is 895. The first kappa shape index (κ1) is 28.4. The van der Waals surface area contributed by atoms with Crippen molar-refractivity contribution in [3.05, 3.63) is 18.2 Å². The van der Waals surface area contributed by atoms with E-state index in [1.54, 1.807) is 0 Å². The number of carbonyl (C=O) groups excluding carboxylic acids is 4. The average molecular weight is 502 g/mol. The van der Waals surface area contributed by atoms with Gasteiger partial charge >= 0.3 is 11.9 Å². The molecule has 4 atom stereocenters. The molecule has 0 spiro atoms. The van der Waals surface area contributed by atoms with Crippen molar-refractivity contribution in [2.24, 2.45) is 11.5 Å². The van der Waals surface area contributed by atoms with Crippen molar-refractivity contribution in [1.29, 1.82) is 0 Å². The van der Waals surface area contributed by atoms with Crippen molar-refractivity contribution in [3.63, 3.8) is 0 Å². The normalized spacial score (nSPS) is 14.2. The van der Waals surface area contributed by atoms with Crippen molar-refractivity contribution in [2.45, 2.75) is 49.9 Å². The summed E-state index contributed by atoms with van der Waals surface area (Å²) in [5.41, 5.74) is 11.3. The van der Waals surface area contributed by atoms with Crippen LogP contribution in [0.4, 0.5) is 0 Å². The van der Waals surface area contributed by atoms with E-state index in [1.807, 2.05) is 0 Å². The number of aliphatic carboxylic acids is 2. The number of thiol groups is 1. The number of nitrogens with two attached hydrogens (primary N) is 2. The summed E-state index contributed by atoms with van der Waals surface area (Å²) in [6.07, 6.45) is 1.46. The van der Waals surface area contributed by atoms with E-state index in [4.69, 9.17) is 16.6 Å². The molecule has 16 heteroatoms. The molecule has 0 saturated carbocycles. The number of amides is 4. The average Bonchev–Trinajstić information content (AvgIpc) is 3.26. The monoisotopic (exact) mass is 501 g/mol. The molecule has 0 fully saturated rings. The van der Waals surface area contributed by atoms with E-state index < -0.39 is 66.2 Å². The number of primary amides is 1. The molecule has 0 radical (unpaired) electrons. The summed E-state index contributed by atoms with van der Waals surface area (Å²) in [5, 5.41) is 24.9. The molecule has 4 amide bonds. The molecule has 0 saturated heterocycles. The summed E-state index contributed by atoms with van der Waals surface area (Å²) in [4.78, 5) is 77.3. The predicted molar refractivity (Wildman–Crippen MR) is 118 cm³/mol. The molecule has 0 aliphatic carbocycles. The third-order valence-corrected chi connectivity index (χ3v) is 4.82. The third-order valence-electron chi connectivity index (χ3n) is 4.45. The second kappa shape index (κ2) is 13.8. The van der Waals surface area contributed by atoms with Crippen molar-refractivity contribution in [2.75, 3.05) is 5.75 Å². The molecule has 10 N–H and O–H groups in total. The first-order valence-corrected chi connectivity index (χ1v) is 10.6. The molecule has 1 heterocycles. The van der Waals surface area contributed by atoms with E-state index in [-0.39, 0.29) is 25.0 Å². The number of carboxylic acid groups (broad SMARTS) is 2. The highest BCUT2D eigenvalue weighted by Crippen LogP contribution is 2.02. The van der Waals surface area contributed by atoms with Crippen molar-refractivity contribution in [3.8, 4) is 0 Å². The summed E-state index contributed by atoms with van der Waals surface area (Å²) in [6, 6.07) is -5.55. The smallest absolute Gasteiger partial charge is 0.326 e. The van der Waals surface area contributed by atoms with Gasteiger partial charge in [0.1, 0.15) is 18.1 Å². The lowest BCUT2D eigenvalue weighted by molar-refractivity contribution is -0.143. The number of aromatic nitrogens is 2. The molecule has 34 heavy (non-hydrogen) atoms. The van der Waals surface area contributed by atoms with E-state index in [0.29, 0.717) is 5.69 Å². The Labute approximate surface area is 198 Å². The number of hydrogen-bond donors (Lipinski definition) is 9. The van der Waals surface area contributed by atoms with Crippen LogP contribution in [0.3, 0.4) is 0 Å². The zero-order valence-electron chi connectivity index (χ0n) is 17.9. The van der Waals surface area contributed by atoms with E-state index in [2.05, 4.69) is 38.5 Å². The zero-order chi connectivity index (χ0) is 25.8. The summed E-state index contributed by atoms with van der Waals surface area (Å²) >= 11 is 3.95. The van der Waals surface area contributed by atoms with Crippen molar-refractivity contribution < 1.29 is 39.0 Å². The van der Waals surface area contributed by atoms with Crippen LogP contribution in [0.1, 0.15) is 25.0 Å². The van der Waals surface area contributed by atoms with Gasteiger partial charge in [0.25, 0.3) is 0 Å². The van der Waals surface area contributed by atoms with Crippen LogP contribution in [-0.4, -0.2) is 85.7 Å². The fourth-order valence-corrected chi connectivity index (χ4v) is 2.93. The number of nitrogens with one attached hydrogen (secondary N) is 4. The lowest BCUT2D eigenvalue weighted by atomic mass is 10.1. The van der Waals surface area contributed by atoms with Gasteiger partial charge in [-0.3, -0.25) is 24.0 Å². The lowest BCUT2D eigenvalue weighted by Gasteiger charge is -2.23. The third kappa shape index (κ3) is 9.86. The lowest BCUT2D eigenvalue weighted by Crippen LogP contribution is -2.58. The molecular weight excluding hydrogens is 474 g/mol. The van der Waals surface area contributed by atoms with E-state index >= 15 is 0 Å². The van der Waals surface area contributed by atoms with Gasteiger partial charge in [0.05, 0.1) is 18.8 Å².